The van der Waals surface area contributed by atoms with Gasteiger partial charge in [0.25, 0.3) is 5.91 Å². The summed E-state index contributed by atoms with van der Waals surface area (Å²) in [5, 5.41) is 3.24. The van der Waals surface area contributed by atoms with Gasteiger partial charge in [-0.15, -0.1) is 12.4 Å². The summed E-state index contributed by atoms with van der Waals surface area (Å²) >= 11 is 0. The summed E-state index contributed by atoms with van der Waals surface area (Å²) in [4.78, 5) is 14.2. The molecule has 0 unspecified atom stereocenters. The molecule has 2 N–H and O–H groups in total. The van der Waals surface area contributed by atoms with Gasteiger partial charge < -0.3 is 10.2 Å². The lowest BCUT2D eigenvalue weighted by Crippen LogP contribution is -2.52. The van der Waals surface area contributed by atoms with Crippen molar-refractivity contribution < 1.29 is 13.2 Å². The molecule has 0 saturated carbocycles. The van der Waals surface area contributed by atoms with Crippen LogP contribution in [0.25, 0.3) is 0 Å². The number of hydrogen-bond donors (Lipinski definition) is 2. The Morgan fingerprint density at radius 1 is 1.33 bits per heavy atom. The van der Waals surface area contributed by atoms with Gasteiger partial charge in [-0.1, -0.05) is 0 Å². The van der Waals surface area contributed by atoms with Crippen LogP contribution < -0.4 is 10.0 Å². The lowest BCUT2D eigenvalue weighted by atomic mass is 10.1. The molecular weight excluding hydrogens is 314 g/mol. The van der Waals surface area contributed by atoms with Gasteiger partial charge in [0.05, 0.1) is 6.26 Å². The van der Waals surface area contributed by atoms with Crippen molar-refractivity contribution in [2.45, 2.75) is 13.0 Å². The van der Waals surface area contributed by atoms with E-state index in [1.807, 2.05) is 11.8 Å². The summed E-state index contributed by atoms with van der Waals surface area (Å²) in [5.74, 6) is -0.0232. The van der Waals surface area contributed by atoms with Crippen LogP contribution in [-0.4, -0.2) is 51.2 Å². The second-order valence-corrected chi connectivity index (χ2v) is 6.75. The highest BCUT2D eigenvalue weighted by Crippen LogP contribution is 2.14. The Morgan fingerprint density at radius 3 is 2.48 bits per heavy atom. The van der Waals surface area contributed by atoms with E-state index in [1.165, 1.54) is 0 Å². The van der Waals surface area contributed by atoms with Gasteiger partial charge >= 0.3 is 0 Å². The average molecular weight is 334 g/mol. The van der Waals surface area contributed by atoms with E-state index in [0.29, 0.717) is 17.8 Å². The van der Waals surface area contributed by atoms with E-state index in [-0.39, 0.29) is 24.4 Å². The molecule has 0 bridgehead atoms. The normalized spacial score (nSPS) is 18.8. The number of piperazine rings is 1. The van der Waals surface area contributed by atoms with Crippen LogP contribution in [0.1, 0.15) is 17.3 Å². The van der Waals surface area contributed by atoms with Crippen LogP contribution in [0.3, 0.4) is 0 Å². The van der Waals surface area contributed by atoms with Crippen LogP contribution in [0.5, 0.6) is 0 Å². The van der Waals surface area contributed by atoms with Crippen LogP contribution in [0.2, 0.25) is 0 Å². The van der Waals surface area contributed by atoms with Crippen molar-refractivity contribution in [2.24, 2.45) is 0 Å². The number of halogens is 1. The molecule has 0 aromatic heterocycles. The monoisotopic (exact) mass is 333 g/mol. The average Bonchev–Trinajstić information content (AvgIpc) is 2.37. The quantitative estimate of drug-likeness (QED) is 0.862. The van der Waals surface area contributed by atoms with Crippen molar-refractivity contribution in [1.82, 2.24) is 10.2 Å². The predicted octanol–water partition coefficient (Wildman–Crippen LogP) is 0.914. The van der Waals surface area contributed by atoms with E-state index < -0.39 is 10.0 Å². The number of benzene rings is 1. The third-order valence-electron chi connectivity index (χ3n) is 3.20. The SMILES string of the molecule is C[C@@H]1CNCCN1C(=O)c1ccc(NS(C)(=O)=O)cc1.Cl. The van der Waals surface area contributed by atoms with Gasteiger partial charge in [0.1, 0.15) is 0 Å². The third-order valence-corrected chi connectivity index (χ3v) is 3.80. The van der Waals surface area contributed by atoms with E-state index in [0.717, 1.165) is 19.3 Å². The highest BCUT2D eigenvalue weighted by molar-refractivity contribution is 7.92. The number of rotatable bonds is 3. The molecule has 1 aliphatic rings. The van der Waals surface area contributed by atoms with Crippen LogP contribution in [-0.2, 0) is 10.0 Å². The molecule has 6 nitrogen and oxygen atoms in total. The van der Waals surface area contributed by atoms with Gasteiger partial charge in [-0.2, -0.15) is 0 Å². The number of carbonyl (C=O) groups is 1. The summed E-state index contributed by atoms with van der Waals surface area (Å²) in [6, 6.07) is 6.64. The molecule has 2 rings (SSSR count). The first kappa shape index (κ1) is 17.7. The minimum atomic E-state index is -3.29. The number of nitrogens with zero attached hydrogens (tertiary/aromatic N) is 1. The number of amides is 1. The number of nitrogens with one attached hydrogen (secondary N) is 2. The van der Waals surface area contributed by atoms with Crippen LogP contribution in [0.15, 0.2) is 24.3 Å². The fourth-order valence-electron chi connectivity index (χ4n) is 2.20. The highest BCUT2D eigenvalue weighted by Gasteiger charge is 2.23. The summed E-state index contributed by atoms with van der Waals surface area (Å²) in [7, 11) is -3.29. The Bertz CT molecular complexity index is 589. The zero-order valence-electron chi connectivity index (χ0n) is 12.0. The van der Waals surface area contributed by atoms with Crippen LogP contribution in [0.4, 0.5) is 5.69 Å². The lowest BCUT2D eigenvalue weighted by Gasteiger charge is -2.34. The van der Waals surface area contributed by atoms with E-state index in [1.54, 1.807) is 24.3 Å². The molecule has 118 valence electrons. The first-order valence-electron chi connectivity index (χ1n) is 6.46. The number of hydrogen-bond acceptors (Lipinski definition) is 4. The van der Waals surface area contributed by atoms with E-state index >= 15 is 0 Å². The molecule has 21 heavy (non-hydrogen) atoms. The van der Waals surface area contributed by atoms with Gasteiger partial charge in [0.15, 0.2) is 0 Å². The van der Waals surface area contributed by atoms with Crippen molar-refractivity contribution in [3.8, 4) is 0 Å². The largest absolute Gasteiger partial charge is 0.333 e. The zero-order valence-corrected chi connectivity index (χ0v) is 13.6. The van der Waals surface area contributed by atoms with Gasteiger partial charge in [0, 0.05) is 36.9 Å². The van der Waals surface area contributed by atoms with E-state index in [4.69, 9.17) is 0 Å². The van der Waals surface area contributed by atoms with Crippen molar-refractivity contribution in [2.75, 3.05) is 30.6 Å². The maximum Gasteiger partial charge on any atom is 0.254 e. The molecule has 1 aromatic rings. The zero-order chi connectivity index (χ0) is 14.8. The topological polar surface area (TPSA) is 78.5 Å². The number of anilines is 1. The molecule has 1 saturated heterocycles. The molecule has 0 radical (unpaired) electrons. The molecule has 0 spiro atoms. The molecule has 1 aromatic carbocycles. The minimum absolute atomic E-state index is 0. The van der Waals surface area contributed by atoms with Gasteiger partial charge in [-0.25, -0.2) is 8.42 Å². The molecule has 1 atom stereocenters. The molecule has 1 fully saturated rings. The first-order chi connectivity index (χ1) is 9.37. The lowest BCUT2D eigenvalue weighted by molar-refractivity contribution is 0.0656. The maximum absolute atomic E-state index is 12.4. The second kappa shape index (κ2) is 7.11. The van der Waals surface area contributed by atoms with Crippen molar-refractivity contribution in [1.29, 1.82) is 0 Å². The Hall–Kier alpha value is -1.31. The van der Waals surface area contributed by atoms with Gasteiger partial charge in [-0.3, -0.25) is 9.52 Å². The fraction of sp³-hybridized carbons (Fsp3) is 0.462. The van der Waals surface area contributed by atoms with Crippen LogP contribution in [0, 0.1) is 0 Å². The summed E-state index contributed by atoms with van der Waals surface area (Å²) < 4.78 is 24.6. The summed E-state index contributed by atoms with van der Waals surface area (Å²) in [5.41, 5.74) is 1.02. The van der Waals surface area contributed by atoms with Gasteiger partial charge in [0.2, 0.25) is 10.0 Å². The van der Waals surface area contributed by atoms with Gasteiger partial charge in [-0.05, 0) is 31.2 Å². The number of sulfonamides is 1. The van der Waals surface area contributed by atoms with E-state index in [9.17, 15) is 13.2 Å². The summed E-state index contributed by atoms with van der Waals surface area (Å²) in [6.07, 6.45) is 1.09. The van der Waals surface area contributed by atoms with Crippen LogP contribution >= 0.6 is 12.4 Å². The molecule has 1 aliphatic heterocycles. The smallest absolute Gasteiger partial charge is 0.254 e. The molecule has 1 amide bonds. The van der Waals surface area contributed by atoms with Crippen molar-refractivity contribution in [3.05, 3.63) is 29.8 Å². The Morgan fingerprint density at radius 2 is 1.95 bits per heavy atom. The molecule has 0 aliphatic carbocycles. The minimum Gasteiger partial charge on any atom is -0.333 e. The first-order valence-corrected chi connectivity index (χ1v) is 8.35. The van der Waals surface area contributed by atoms with Crippen molar-refractivity contribution in [3.63, 3.8) is 0 Å². The molecule has 1 heterocycles. The van der Waals surface area contributed by atoms with E-state index in [2.05, 4.69) is 10.0 Å². The summed E-state index contributed by atoms with van der Waals surface area (Å²) in [6.45, 7) is 4.27. The Labute approximate surface area is 131 Å². The second-order valence-electron chi connectivity index (χ2n) is 5.00. The Balaban J connectivity index is 0.00000220. The standard InChI is InChI=1S/C13H19N3O3S.ClH/c1-10-9-14-7-8-16(10)13(17)11-3-5-12(6-4-11)15-20(2,18)19;/h3-6,10,14-15H,7-9H2,1-2H3;1H/t10-;/m1./s1. The maximum atomic E-state index is 12.4. The molecular formula is C13H20ClN3O3S. The third kappa shape index (κ3) is 4.87. The predicted molar refractivity (Wildman–Crippen MR) is 85.5 cm³/mol. The fourth-order valence-corrected chi connectivity index (χ4v) is 2.77. The number of carbonyl (C=O) groups excluding carboxylic acids is 1. The van der Waals surface area contributed by atoms with Crippen molar-refractivity contribution >= 4 is 34.0 Å². The Kier molecular flexibility index (Phi) is 6.00. The highest BCUT2D eigenvalue weighted by atomic mass is 35.5. The molecule has 8 heteroatoms.